The van der Waals surface area contributed by atoms with Gasteiger partial charge in [-0.1, -0.05) is 48.5 Å². The first kappa shape index (κ1) is 12.9. The third-order valence-electron chi connectivity index (χ3n) is 3.16. The highest BCUT2D eigenvalue weighted by Gasteiger charge is 2.09. The predicted octanol–water partition coefficient (Wildman–Crippen LogP) is 4.59. The maximum Gasteiger partial charge on any atom is 0.142 e. The first-order valence-corrected chi connectivity index (χ1v) is 7.14. The van der Waals surface area contributed by atoms with Gasteiger partial charge in [-0.15, -0.1) is 0 Å². The van der Waals surface area contributed by atoms with E-state index in [4.69, 9.17) is 0 Å². The predicted molar refractivity (Wildman–Crippen MR) is 86.1 cm³/mol. The molecule has 3 rings (SSSR count). The van der Waals surface area contributed by atoms with Gasteiger partial charge in [0.2, 0.25) is 0 Å². The van der Waals surface area contributed by atoms with E-state index in [-0.39, 0.29) is 0 Å². The van der Waals surface area contributed by atoms with Gasteiger partial charge in [-0.3, -0.25) is 4.68 Å². The van der Waals surface area contributed by atoms with Gasteiger partial charge < -0.3 is 5.32 Å². The Hall–Kier alpha value is -2.07. The molecular formula is C16H14BrN3. The Morgan fingerprint density at radius 3 is 2.40 bits per heavy atom. The topological polar surface area (TPSA) is 29.9 Å². The molecule has 0 radical (unpaired) electrons. The minimum atomic E-state index is 0.938. The summed E-state index contributed by atoms with van der Waals surface area (Å²) in [5, 5.41) is 7.66. The lowest BCUT2D eigenvalue weighted by Gasteiger charge is -2.12. The number of hydrogen-bond acceptors (Lipinski definition) is 2. The smallest absolute Gasteiger partial charge is 0.142 e. The zero-order valence-electron chi connectivity index (χ0n) is 11.0. The maximum atomic E-state index is 4.22. The van der Waals surface area contributed by atoms with E-state index in [9.17, 15) is 0 Å². The summed E-state index contributed by atoms with van der Waals surface area (Å²) in [7, 11) is 1.91. The molecule has 0 aliphatic rings. The van der Waals surface area contributed by atoms with Crippen LogP contribution >= 0.6 is 15.9 Å². The summed E-state index contributed by atoms with van der Waals surface area (Å²) in [6.07, 6.45) is 1.79. The van der Waals surface area contributed by atoms with Crippen molar-refractivity contribution < 1.29 is 0 Å². The molecule has 3 nitrogen and oxygen atoms in total. The Bertz CT molecular complexity index is 700. The molecule has 0 saturated heterocycles. The number of nitrogens with one attached hydrogen (secondary N) is 1. The molecule has 4 heteroatoms. The fourth-order valence-electron chi connectivity index (χ4n) is 2.14. The van der Waals surface area contributed by atoms with E-state index in [2.05, 4.69) is 50.6 Å². The molecule has 1 heterocycles. The quantitative estimate of drug-likeness (QED) is 0.762. The van der Waals surface area contributed by atoms with E-state index in [1.165, 1.54) is 11.1 Å². The Morgan fingerprint density at radius 1 is 1.00 bits per heavy atom. The third-order valence-corrected chi connectivity index (χ3v) is 3.74. The highest BCUT2D eigenvalue weighted by molar-refractivity contribution is 9.10. The molecule has 1 aromatic heterocycles. The van der Waals surface area contributed by atoms with Crippen molar-refractivity contribution >= 4 is 27.4 Å². The summed E-state index contributed by atoms with van der Waals surface area (Å²) in [5.41, 5.74) is 3.41. The normalized spacial score (nSPS) is 10.5. The molecule has 0 amide bonds. The lowest BCUT2D eigenvalue weighted by Crippen LogP contribution is -2.00. The summed E-state index contributed by atoms with van der Waals surface area (Å²) in [6.45, 7) is 0. The van der Waals surface area contributed by atoms with Crippen LogP contribution in [0.15, 0.2) is 65.3 Å². The van der Waals surface area contributed by atoms with E-state index in [1.807, 2.05) is 42.1 Å². The number of para-hydroxylation sites is 1. The van der Waals surface area contributed by atoms with Gasteiger partial charge in [0.05, 0.1) is 10.7 Å². The number of halogens is 1. The first-order chi connectivity index (χ1) is 9.75. The van der Waals surface area contributed by atoms with Gasteiger partial charge in [0.25, 0.3) is 0 Å². The van der Waals surface area contributed by atoms with Gasteiger partial charge in [-0.25, -0.2) is 0 Å². The van der Waals surface area contributed by atoms with Crippen LogP contribution in [-0.4, -0.2) is 9.78 Å². The summed E-state index contributed by atoms with van der Waals surface area (Å²) in [4.78, 5) is 0. The van der Waals surface area contributed by atoms with E-state index in [0.29, 0.717) is 0 Å². The Kier molecular flexibility index (Phi) is 3.56. The van der Waals surface area contributed by atoms with Crippen molar-refractivity contribution in [1.29, 1.82) is 0 Å². The van der Waals surface area contributed by atoms with E-state index < -0.39 is 0 Å². The number of rotatable bonds is 3. The van der Waals surface area contributed by atoms with Crippen LogP contribution in [0.1, 0.15) is 0 Å². The van der Waals surface area contributed by atoms with Crippen LogP contribution in [0.2, 0.25) is 0 Å². The lowest BCUT2D eigenvalue weighted by atomic mass is 10.0. The molecule has 0 atom stereocenters. The summed E-state index contributed by atoms with van der Waals surface area (Å²) in [5.74, 6) is 0.938. The van der Waals surface area contributed by atoms with E-state index >= 15 is 0 Å². The van der Waals surface area contributed by atoms with Crippen LogP contribution in [0.5, 0.6) is 0 Å². The number of aryl methyl sites for hydroxylation is 1. The van der Waals surface area contributed by atoms with Gasteiger partial charge in [0.1, 0.15) is 5.82 Å². The van der Waals surface area contributed by atoms with Gasteiger partial charge in [-0.05, 0) is 27.6 Å². The molecule has 0 aliphatic heterocycles. The van der Waals surface area contributed by atoms with Crippen LogP contribution in [-0.2, 0) is 7.05 Å². The van der Waals surface area contributed by atoms with Crippen molar-refractivity contribution in [2.75, 3.05) is 5.32 Å². The highest BCUT2D eigenvalue weighted by Crippen LogP contribution is 2.32. The summed E-state index contributed by atoms with van der Waals surface area (Å²) in [6, 6.07) is 18.6. The SMILES string of the molecule is Cn1ncc(Br)c1Nc1ccccc1-c1ccccc1. The van der Waals surface area contributed by atoms with Crippen LogP contribution in [0, 0.1) is 0 Å². The number of anilines is 2. The number of benzene rings is 2. The standard InChI is InChI=1S/C16H14BrN3/c1-20-16(14(17)11-18-20)19-15-10-6-5-9-13(15)12-7-3-2-4-8-12/h2-11,19H,1H3. The third kappa shape index (κ3) is 2.47. The van der Waals surface area contributed by atoms with Crippen molar-refractivity contribution in [3.63, 3.8) is 0 Å². The van der Waals surface area contributed by atoms with Crippen molar-refractivity contribution in [1.82, 2.24) is 9.78 Å². The van der Waals surface area contributed by atoms with Crippen molar-refractivity contribution in [2.45, 2.75) is 0 Å². The van der Waals surface area contributed by atoms with Gasteiger partial charge in [-0.2, -0.15) is 5.10 Å². The van der Waals surface area contributed by atoms with E-state index in [0.717, 1.165) is 16.0 Å². The molecule has 0 spiro atoms. The fourth-order valence-corrected chi connectivity index (χ4v) is 2.59. The molecular weight excluding hydrogens is 314 g/mol. The second-order valence-corrected chi connectivity index (χ2v) is 5.36. The van der Waals surface area contributed by atoms with Crippen molar-refractivity contribution in [2.24, 2.45) is 7.05 Å². The molecule has 3 aromatic rings. The minimum Gasteiger partial charge on any atom is -0.339 e. The van der Waals surface area contributed by atoms with Gasteiger partial charge in [0, 0.05) is 18.3 Å². The van der Waals surface area contributed by atoms with Crippen molar-refractivity contribution in [3.05, 3.63) is 65.3 Å². The molecule has 1 N–H and O–H groups in total. The zero-order valence-corrected chi connectivity index (χ0v) is 12.6. The number of nitrogens with zero attached hydrogens (tertiary/aromatic N) is 2. The Morgan fingerprint density at radius 2 is 1.70 bits per heavy atom. The second-order valence-electron chi connectivity index (χ2n) is 4.50. The lowest BCUT2D eigenvalue weighted by molar-refractivity contribution is 0.776. The first-order valence-electron chi connectivity index (χ1n) is 6.34. The minimum absolute atomic E-state index is 0.938. The maximum absolute atomic E-state index is 4.22. The monoisotopic (exact) mass is 327 g/mol. The van der Waals surface area contributed by atoms with Crippen LogP contribution < -0.4 is 5.32 Å². The second kappa shape index (κ2) is 5.51. The van der Waals surface area contributed by atoms with Crippen LogP contribution in [0.4, 0.5) is 11.5 Å². The van der Waals surface area contributed by atoms with Crippen molar-refractivity contribution in [3.8, 4) is 11.1 Å². The van der Waals surface area contributed by atoms with Gasteiger partial charge in [0.15, 0.2) is 0 Å². The Balaban J connectivity index is 2.03. The average molecular weight is 328 g/mol. The summed E-state index contributed by atoms with van der Waals surface area (Å²) >= 11 is 3.51. The number of hydrogen-bond donors (Lipinski definition) is 1. The summed E-state index contributed by atoms with van der Waals surface area (Å²) < 4.78 is 2.76. The molecule has 100 valence electrons. The molecule has 0 fully saturated rings. The molecule has 0 unspecified atom stereocenters. The zero-order chi connectivity index (χ0) is 13.9. The van der Waals surface area contributed by atoms with Crippen LogP contribution in [0.25, 0.3) is 11.1 Å². The molecule has 0 bridgehead atoms. The molecule has 20 heavy (non-hydrogen) atoms. The Labute approximate surface area is 126 Å². The average Bonchev–Trinajstić information content (AvgIpc) is 2.81. The fraction of sp³-hybridized carbons (Fsp3) is 0.0625. The van der Waals surface area contributed by atoms with Crippen LogP contribution in [0.3, 0.4) is 0 Å². The number of aromatic nitrogens is 2. The van der Waals surface area contributed by atoms with Gasteiger partial charge >= 0.3 is 0 Å². The molecule has 0 saturated carbocycles. The largest absolute Gasteiger partial charge is 0.339 e. The molecule has 2 aromatic carbocycles. The van der Waals surface area contributed by atoms with E-state index in [1.54, 1.807) is 6.20 Å². The molecule has 0 aliphatic carbocycles. The highest BCUT2D eigenvalue weighted by atomic mass is 79.9.